The Hall–Kier alpha value is -1.99. The van der Waals surface area contributed by atoms with Gasteiger partial charge >= 0.3 is 0 Å². The second kappa shape index (κ2) is 6.86. The molecule has 2 aliphatic rings. The van der Waals surface area contributed by atoms with Crippen molar-refractivity contribution < 1.29 is 0 Å². The second-order valence-electron chi connectivity index (χ2n) is 6.66. The average Bonchev–Trinajstić information content (AvgIpc) is 3.17. The topological polar surface area (TPSA) is 59.2 Å². The Kier molecular flexibility index (Phi) is 4.44. The third kappa shape index (κ3) is 3.42. The monoisotopic (exact) mass is 328 g/mol. The predicted octanol–water partition coefficient (Wildman–Crippen LogP) is 0.204. The molecule has 4 rings (SSSR count). The highest BCUT2D eigenvalue weighted by molar-refractivity contribution is 5.13. The Morgan fingerprint density at radius 2 is 1.88 bits per heavy atom. The van der Waals surface area contributed by atoms with E-state index in [4.69, 9.17) is 5.10 Å². The van der Waals surface area contributed by atoms with Gasteiger partial charge in [-0.1, -0.05) is 0 Å². The van der Waals surface area contributed by atoms with E-state index in [1.54, 1.807) is 23.0 Å². The molecule has 0 aliphatic carbocycles. The van der Waals surface area contributed by atoms with Gasteiger partial charge in [-0.3, -0.25) is 19.3 Å². The number of piperazine rings is 1. The molecule has 0 spiro atoms. The number of hydrogen-bond donors (Lipinski definition) is 0. The molecular weight excluding hydrogens is 304 g/mol. The van der Waals surface area contributed by atoms with Crippen LogP contribution in [0.5, 0.6) is 0 Å². The van der Waals surface area contributed by atoms with Crippen molar-refractivity contribution in [2.75, 3.05) is 32.7 Å². The number of aryl methyl sites for hydroxylation is 2. The molecule has 0 atom stereocenters. The quantitative estimate of drug-likeness (QED) is 0.785. The van der Waals surface area contributed by atoms with E-state index in [2.05, 4.69) is 25.6 Å². The van der Waals surface area contributed by atoms with Crippen LogP contribution >= 0.6 is 0 Å². The van der Waals surface area contributed by atoms with Crippen LogP contribution < -0.4 is 5.56 Å². The van der Waals surface area contributed by atoms with Gasteiger partial charge in [-0.25, -0.2) is 4.68 Å². The minimum Gasteiger partial charge on any atom is -0.299 e. The third-order valence-electron chi connectivity index (χ3n) is 4.98. The Bertz CT molecular complexity index is 722. The number of rotatable bonds is 5. The average molecular weight is 328 g/mol. The van der Waals surface area contributed by atoms with Gasteiger partial charge in [-0.2, -0.15) is 10.2 Å². The smallest absolute Gasteiger partial charge is 0.266 e. The molecule has 24 heavy (non-hydrogen) atoms. The maximum atomic E-state index is 11.7. The summed E-state index contributed by atoms with van der Waals surface area (Å²) in [4.78, 5) is 16.6. The minimum atomic E-state index is -0.0241. The standard InChI is InChI=1S/C17H24N6O/c24-17-4-1-5-18-23(17)12-11-20-7-9-21(10-8-20)14-15-13-16-3-2-6-22(16)19-15/h1,4-5,13H,2-3,6-12,14H2. The molecule has 0 radical (unpaired) electrons. The maximum absolute atomic E-state index is 11.7. The van der Waals surface area contributed by atoms with E-state index in [0.29, 0.717) is 6.54 Å². The summed E-state index contributed by atoms with van der Waals surface area (Å²) in [6.45, 7) is 7.75. The molecular formula is C17H24N6O. The fourth-order valence-corrected chi connectivity index (χ4v) is 3.59. The molecule has 1 saturated heterocycles. The van der Waals surface area contributed by atoms with E-state index >= 15 is 0 Å². The zero-order valence-corrected chi connectivity index (χ0v) is 14.0. The summed E-state index contributed by atoms with van der Waals surface area (Å²) in [6.07, 6.45) is 4.08. The van der Waals surface area contributed by atoms with E-state index in [9.17, 15) is 4.79 Å². The Balaban J connectivity index is 1.24. The van der Waals surface area contributed by atoms with Gasteiger partial charge in [-0.05, 0) is 25.0 Å². The van der Waals surface area contributed by atoms with Gasteiger partial charge in [0.25, 0.3) is 5.56 Å². The molecule has 0 amide bonds. The molecule has 1 fully saturated rings. The molecule has 4 heterocycles. The van der Waals surface area contributed by atoms with E-state index in [-0.39, 0.29) is 5.56 Å². The Labute approximate surface area is 141 Å². The van der Waals surface area contributed by atoms with E-state index in [1.807, 2.05) is 0 Å². The summed E-state index contributed by atoms with van der Waals surface area (Å²) in [7, 11) is 0. The summed E-state index contributed by atoms with van der Waals surface area (Å²) in [5, 5.41) is 8.82. The van der Waals surface area contributed by atoms with Gasteiger partial charge in [0, 0.05) is 63.8 Å². The van der Waals surface area contributed by atoms with Gasteiger partial charge in [0.1, 0.15) is 0 Å². The highest BCUT2D eigenvalue weighted by Crippen LogP contribution is 2.16. The van der Waals surface area contributed by atoms with Crippen LogP contribution in [0.3, 0.4) is 0 Å². The molecule has 128 valence electrons. The lowest BCUT2D eigenvalue weighted by atomic mass is 10.2. The zero-order valence-electron chi connectivity index (χ0n) is 14.0. The first-order valence-electron chi connectivity index (χ1n) is 8.80. The molecule has 2 aliphatic heterocycles. The van der Waals surface area contributed by atoms with Crippen LogP contribution in [0.1, 0.15) is 17.8 Å². The van der Waals surface area contributed by atoms with Crippen molar-refractivity contribution in [3.8, 4) is 0 Å². The van der Waals surface area contributed by atoms with Crippen molar-refractivity contribution in [2.24, 2.45) is 0 Å². The molecule has 2 aromatic rings. The van der Waals surface area contributed by atoms with Gasteiger partial charge in [0.2, 0.25) is 0 Å². The maximum Gasteiger partial charge on any atom is 0.266 e. The predicted molar refractivity (Wildman–Crippen MR) is 90.8 cm³/mol. The van der Waals surface area contributed by atoms with Crippen LogP contribution in [-0.4, -0.2) is 62.1 Å². The Morgan fingerprint density at radius 1 is 1.04 bits per heavy atom. The van der Waals surface area contributed by atoms with E-state index < -0.39 is 0 Å². The molecule has 0 bridgehead atoms. The number of hydrogen-bond acceptors (Lipinski definition) is 5. The van der Waals surface area contributed by atoms with Crippen molar-refractivity contribution >= 4 is 0 Å². The fourth-order valence-electron chi connectivity index (χ4n) is 3.59. The second-order valence-corrected chi connectivity index (χ2v) is 6.66. The molecule has 0 aromatic carbocycles. The fraction of sp³-hybridized carbons (Fsp3) is 0.588. The van der Waals surface area contributed by atoms with Gasteiger partial charge < -0.3 is 0 Å². The van der Waals surface area contributed by atoms with Crippen molar-refractivity contribution in [3.05, 3.63) is 46.1 Å². The van der Waals surface area contributed by atoms with Crippen LogP contribution in [-0.2, 0) is 26.1 Å². The minimum absolute atomic E-state index is 0.0241. The van der Waals surface area contributed by atoms with Crippen molar-refractivity contribution in [1.29, 1.82) is 0 Å². The van der Waals surface area contributed by atoms with E-state index in [0.717, 1.165) is 45.8 Å². The van der Waals surface area contributed by atoms with Gasteiger partial charge in [0.05, 0.1) is 12.2 Å². The lowest BCUT2D eigenvalue weighted by Crippen LogP contribution is -2.47. The largest absolute Gasteiger partial charge is 0.299 e. The van der Waals surface area contributed by atoms with Crippen LogP contribution in [0.4, 0.5) is 0 Å². The lowest BCUT2D eigenvalue weighted by molar-refractivity contribution is 0.121. The third-order valence-corrected chi connectivity index (χ3v) is 4.98. The molecule has 0 unspecified atom stereocenters. The molecule has 7 nitrogen and oxygen atoms in total. The Morgan fingerprint density at radius 3 is 2.67 bits per heavy atom. The first kappa shape index (κ1) is 15.5. The highest BCUT2D eigenvalue weighted by atomic mass is 16.1. The van der Waals surface area contributed by atoms with Crippen LogP contribution in [0.2, 0.25) is 0 Å². The van der Waals surface area contributed by atoms with Crippen molar-refractivity contribution in [3.63, 3.8) is 0 Å². The van der Waals surface area contributed by atoms with Crippen LogP contribution in [0, 0.1) is 0 Å². The summed E-state index contributed by atoms with van der Waals surface area (Å²) >= 11 is 0. The van der Waals surface area contributed by atoms with Gasteiger partial charge in [-0.15, -0.1) is 0 Å². The summed E-state index contributed by atoms with van der Waals surface area (Å²) in [6, 6.07) is 5.52. The lowest BCUT2D eigenvalue weighted by Gasteiger charge is -2.34. The molecule has 2 aromatic heterocycles. The molecule has 7 heteroatoms. The summed E-state index contributed by atoms with van der Waals surface area (Å²) in [5.41, 5.74) is 2.58. The summed E-state index contributed by atoms with van der Waals surface area (Å²) in [5.74, 6) is 0. The highest BCUT2D eigenvalue weighted by Gasteiger charge is 2.19. The normalized spacial score (nSPS) is 18.8. The van der Waals surface area contributed by atoms with Crippen LogP contribution in [0.15, 0.2) is 29.2 Å². The number of aromatic nitrogens is 4. The SMILES string of the molecule is O=c1cccnn1CCN1CCN(Cc2cc3n(n2)CCC3)CC1. The number of nitrogens with zero attached hydrogens (tertiary/aromatic N) is 6. The first-order valence-corrected chi connectivity index (χ1v) is 8.80. The number of fused-ring (bicyclic) bond motifs is 1. The molecule has 0 saturated carbocycles. The van der Waals surface area contributed by atoms with Crippen LogP contribution in [0.25, 0.3) is 0 Å². The summed E-state index contributed by atoms with van der Waals surface area (Å²) < 4.78 is 3.70. The molecule has 0 N–H and O–H groups in total. The van der Waals surface area contributed by atoms with Crippen molar-refractivity contribution in [1.82, 2.24) is 29.4 Å². The van der Waals surface area contributed by atoms with Gasteiger partial charge in [0.15, 0.2) is 0 Å². The van der Waals surface area contributed by atoms with Crippen molar-refractivity contribution in [2.45, 2.75) is 32.5 Å². The first-order chi connectivity index (χ1) is 11.8. The zero-order chi connectivity index (χ0) is 16.4. The van der Waals surface area contributed by atoms with E-state index in [1.165, 1.54) is 24.2 Å².